The molecule has 2 nitrogen and oxygen atoms in total. The van der Waals surface area contributed by atoms with Crippen molar-refractivity contribution in [2.45, 2.75) is 19.4 Å². The normalized spacial score (nSPS) is 12.9. The molecule has 0 heterocycles. The van der Waals surface area contributed by atoms with Crippen LogP contribution < -0.4 is 5.73 Å². The molecule has 1 aromatic carbocycles. The van der Waals surface area contributed by atoms with E-state index in [1.165, 1.54) is 11.1 Å². The third kappa shape index (κ3) is 2.32. The van der Waals surface area contributed by atoms with Crippen LogP contribution in [0.1, 0.15) is 11.1 Å². The first kappa shape index (κ1) is 9.23. The summed E-state index contributed by atoms with van der Waals surface area (Å²) in [5.74, 6) is 0. The molecule has 0 radical (unpaired) electrons. The molecule has 0 aromatic heterocycles. The van der Waals surface area contributed by atoms with Crippen LogP contribution in [-0.4, -0.2) is 17.8 Å². The molecule has 1 aromatic rings. The second-order valence-electron chi connectivity index (χ2n) is 3.02. The quantitative estimate of drug-likeness (QED) is 0.697. The Kier molecular flexibility index (Phi) is 3.26. The van der Waals surface area contributed by atoms with Gasteiger partial charge in [0.15, 0.2) is 0 Å². The second kappa shape index (κ2) is 4.24. The molecule has 0 saturated heterocycles. The number of benzene rings is 1. The molecule has 2 heteroatoms. The van der Waals surface area contributed by atoms with Gasteiger partial charge in [-0.25, -0.2) is 0 Å². The summed E-state index contributed by atoms with van der Waals surface area (Å²) in [7, 11) is 0. The minimum atomic E-state index is -0.411. The van der Waals surface area contributed by atoms with Gasteiger partial charge in [0.2, 0.25) is 0 Å². The minimum absolute atomic E-state index is 0.328. The lowest BCUT2D eigenvalue weighted by atomic mass is 10.0. The van der Waals surface area contributed by atoms with Crippen molar-refractivity contribution in [3.8, 4) is 0 Å². The summed E-state index contributed by atoms with van der Waals surface area (Å²) in [5.41, 5.74) is 7.71. The maximum atomic E-state index is 9.31. The minimum Gasteiger partial charge on any atom is -0.391 e. The average Bonchev–Trinajstić information content (AvgIpc) is 2.09. The Morgan fingerprint density at radius 1 is 1.42 bits per heavy atom. The smallest absolute Gasteiger partial charge is 0.0702 e. The molecule has 0 amide bonds. The van der Waals surface area contributed by atoms with Gasteiger partial charge in [0.25, 0.3) is 0 Å². The lowest BCUT2D eigenvalue weighted by molar-refractivity contribution is 0.183. The third-order valence-corrected chi connectivity index (χ3v) is 1.99. The Hall–Kier alpha value is -0.860. The standard InChI is InChI=1S/C10H15NO/c1-8-4-2-3-5-9(8)6-10(12)7-11/h2-5,10,12H,6-7,11H2,1H3. The first-order valence-electron chi connectivity index (χ1n) is 4.16. The molecule has 0 aliphatic carbocycles. The summed E-state index contributed by atoms with van der Waals surface area (Å²) in [4.78, 5) is 0. The number of hydrogen-bond donors (Lipinski definition) is 2. The Labute approximate surface area is 73.0 Å². The van der Waals surface area contributed by atoms with E-state index in [4.69, 9.17) is 5.73 Å². The second-order valence-corrected chi connectivity index (χ2v) is 3.02. The first-order valence-corrected chi connectivity index (χ1v) is 4.16. The zero-order valence-corrected chi connectivity index (χ0v) is 7.33. The van der Waals surface area contributed by atoms with E-state index in [9.17, 15) is 5.11 Å². The molecule has 0 aliphatic rings. The van der Waals surface area contributed by atoms with Gasteiger partial charge in [0.1, 0.15) is 0 Å². The van der Waals surface area contributed by atoms with Crippen molar-refractivity contribution in [2.24, 2.45) is 5.73 Å². The molecule has 0 fully saturated rings. The molecule has 0 aliphatic heterocycles. The van der Waals surface area contributed by atoms with Crippen LogP contribution in [0.3, 0.4) is 0 Å². The van der Waals surface area contributed by atoms with Gasteiger partial charge in [-0.2, -0.15) is 0 Å². The maximum Gasteiger partial charge on any atom is 0.0702 e. The molecule has 12 heavy (non-hydrogen) atoms. The van der Waals surface area contributed by atoms with Crippen LogP contribution >= 0.6 is 0 Å². The number of nitrogens with two attached hydrogens (primary N) is 1. The predicted octanol–water partition coefficient (Wildman–Crippen LogP) is 0.857. The number of rotatable bonds is 3. The lowest BCUT2D eigenvalue weighted by Gasteiger charge is -2.09. The van der Waals surface area contributed by atoms with E-state index < -0.39 is 6.10 Å². The molecule has 1 atom stereocenters. The molecule has 0 spiro atoms. The predicted molar refractivity (Wildman–Crippen MR) is 49.9 cm³/mol. The van der Waals surface area contributed by atoms with Crippen molar-refractivity contribution in [1.82, 2.24) is 0 Å². The van der Waals surface area contributed by atoms with Crippen molar-refractivity contribution in [3.63, 3.8) is 0 Å². The van der Waals surface area contributed by atoms with E-state index in [1.807, 2.05) is 31.2 Å². The van der Waals surface area contributed by atoms with Gasteiger partial charge in [-0.3, -0.25) is 0 Å². The van der Waals surface area contributed by atoms with Crippen LogP contribution in [0.2, 0.25) is 0 Å². The highest BCUT2D eigenvalue weighted by atomic mass is 16.3. The van der Waals surface area contributed by atoms with Crippen LogP contribution in [0.4, 0.5) is 0 Å². The Balaban J connectivity index is 2.69. The van der Waals surface area contributed by atoms with E-state index in [2.05, 4.69) is 0 Å². The summed E-state index contributed by atoms with van der Waals surface area (Å²) >= 11 is 0. The van der Waals surface area contributed by atoms with E-state index in [1.54, 1.807) is 0 Å². The average molecular weight is 165 g/mol. The fraction of sp³-hybridized carbons (Fsp3) is 0.400. The highest BCUT2D eigenvalue weighted by molar-refractivity contribution is 5.26. The maximum absolute atomic E-state index is 9.31. The Morgan fingerprint density at radius 3 is 2.67 bits per heavy atom. The van der Waals surface area contributed by atoms with Crippen LogP contribution in [-0.2, 0) is 6.42 Å². The number of aliphatic hydroxyl groups is 1. The molecular formula is C10H15NO. The topological polar surface area (TPSA) is 46.2 Å². The highest BCUT2D eigenvalue weighted by Crippen LogP contribution is 2.08. The molecular weight excluding hydrogens is 150 g/mol. The summed E-state index contributed by atoms with van der Waals surface area (Å²) in [6, 6.07) is 8.03. The van der Waals surface area contributed by atoms with Gasteiger partial charge >= 0.3 is 0 Å². The molecule has 66 valence electrons. The fourth-order valence-electron chi connectivity index (χ4n) is 1.18. The largest absolute Gasteiger partial charge is 0.391 e. The van der Waals surface area contributed by atoms with Crippen LogP contribution in [0.25, 0.3) is 0 Å². The van der Waals surface area contributed by atoms with E-state index in [0.29, 0.717) is 13.0 Å². The van der Waals surface area contributed by atoms with Gasteiger partial charge in [-0.05, 0) is 24.5 Å². The number of hydrogen-bond acceptors (Lipinski definition) is 2. The van der Waals surface area contributed by atoms with Gasteiger partial charge in [0.05, 0.1) is 6.10 Å². The molecule has 1 rings (SSSR count). The third-order valence-electron chi connectivity index (χ3n) is 1.99. The molecule has 3 N–H and O–H groups in total. The summed E-state index contributed by atoms with van der Waals surface area (Å²) < 4.78 is 0. The summed E-state index contributed by atoms with van der Waals surface area (Å²) in [5, 5.41) is 9.31. The monoisotopic (exact) mass is 165 g/mol. The number of aryl methyl sites for hydroxylation is 1. The van der Waals surface area contributed by atoms with Crippen molar-refractivity contribution in [3.05, 3.63) is 35.4 Å². The van der Waals surface area contributed by atoms with Crippen molar-refractivity contribution in [2.75, 3.05) is 6.54 Å². The zero-order valence-electron chi connectivity index (χ0n) is 7.33. The van der Waals surface area contributed by atoms with Gasteiger partial charge in [-0.1, -0.05) is 24.3 Å². The van der Waals surface area contributed by atoms with Crippen molar-refractivity contribution in [1.29, 1.82) is 0 Å². The molecule has 0 bridgehead atoms. The summed E-state index contributed by atoms with van der Waals surface area (Å²) in [6.07, 6.45) is 0.245. The fourth-order valence-corrected chi connectivity index (χ4v) is 1.18. The summed E-state index contributed by atoms with van der Waals surface area (Å²) in [6.45, 7) is 2.37. The van der Waals surface area contributed by atoms with Crippen molar-refractivity contribution < 1.29 is 5.11 Å². The first-order chi connectivity index (χ1) is 5.74. The van der Waals surface area contributed by atoms with Crippen molar-refractivity contribution >= 4 is 0 Å². The van der Waals surface area contributed by atoms with E-state index in [0.717, 1.165) is 0 Å². The molecule has 1 unspecified atom stereocenters. The van der Waals surface area contributed by atoms with Gasteiger partial charge in [-0.15, -0.1) is 0 Å². The molecule has 0 saturated carbocycles. The van der Waals surface area contributed by atoms with E-state index >= 15 is 0 Å². The van der Waals surface area contributed by atoms with Crippen LogP contribution in [0.15, 0.2) is 24.3 Å². The SMILES string of the molecule is Cc1ccccc1CC(O)CN. The van der Waals surface area contributed by atoms with Gasteiger partial charge in [0, 0.05) is 6.54 Å². The van der Waals surface area contributed by atoms with E-state index in [-0.39, 0.29) is 0 Å². The lowest BCUT2D eigenvalue weighted by Crippen LogP contribution is -2.22. The Bertz CT molecular complexity index is 247. The van der Waals surface area contributed by atoms with Gasteiger partial charge < -0.3 is 10.8 Å². The van der Waals surface area contributed by atoms with Crippen LogP contribution in [0, 0.1) is 6.92 Å². The highest BCUT2D eigenvalue weighted by Gasteiger charge is 2.03. The zero-order chi connectivity index (χ0) is 8.97. The Morgan fingerprint density at radius 2 is 2.08 bits per heavy atom. The van der Waals surface area contributed by atoms with Crippen LogP contribution in [0.5, 0.6) is 0 Å². The number of aliphatic hydroxyl groups excluding tert-OH is 1.